The van der Waals surface area contributed by atoms with Crippen LogP contribution in [0.1, 0.15) is 9.67 Å². The molecule has 0 bridgehead atoms. The van der Waals surface area contributed by atoms with Gasteiger partial charge in [-0.05, 0) is 24.5 Å². The summed E-state index contributed by atoms with van der Waals surface area (Å²) in [6.07, 6.45) is 4.74. The molecule has 0 aliphatic rings. The Balaban J connectivity index is 1.89. The molecule has 28 heavy (non-hydrogen) atoms. The molecule has 2 aromatic heterocycles. The van der Waals surface area contributed by atoms with Crippen molar-refractivity contribution in [1.29, 1.82) is 0 Å². The lowest BCUT2D eigenvalue weighted by Crippen LogP contribution is -2.10. The number of hydrogen-bond acceptors (Lipinski definition) is 7. The molecule has 144 valence electrons. The minimum atomic E-state index is -0.535. The predicted molar refractivity (Wildman–Crippen MR) is 116 cm³/mol. The predicted octanol–water partition coefficient (Wildman–Crippen LogP) is 6.48. The maximum absolute atomic E-state index is 12.6. The summed E-state index contributed by atoms with van der Waals surface area (Å²) >= 11 is 15.8. The van der Waals surface area contributed by atoms with Crippen LogP contribution in [-0.4, -0.2) is 22.1 Å². The van der Waals surface area contributed by atoms with E-state index in [9.17, 15) is 14.9 Å². The summed E-state index contributed by atoms with van der Waals surface area (Å²) in [5.74, 6) is -0.426. The lowest BCUT2D eigenvalue weighted by molar-refractivity contribution is -0.387. The number of amides is 1. The second-order valence-corrected chi connectivity index (χ2v) is 9.29. The van der Waals surface area contributed by atoms with Gasteiger partial charge in [-0.1, -0.05) is 41.0 Å². The van der Waals surface area contributed by atoms with Gasteiger partial charge in [-0.15, -0.1) is 23.1 Å². The third-order valence-corrected chi connectivity index (χ3v) is 7.41. The number of carbonyl (C=O) groups excluding carboxylic acids is 1. The van der Waals surface area contributed by atoms with E-state index in [1.807, 2.05) is 24.5 Å². The molecule has 0 saturated carbocycles. The Morgan fingerprint density at radius 1 is 1.25 bits per heavy atom. The van der Waals surface area contributed by atoms with Crippen molar-refractivity contribution in [3.8, 4) is 0 Å². The monoisotopic (exact) mass is 471 g/mol. The molecule has 0 atom stereocenters. The molecule has 1 amide bonds. The molecule has 0 radical (unpaired) electrons. The topological polar surface area (TPSA) is 85.1 Å². The van der Waals surface area contributed by atoms with E-state index in [-0.39, 0.29) is 20.6 Å². The Morgan fingerprint density at radius 3 is 2.61 bits per heavy atom. The highest BCUT2D eigenvalue weighted by atomic mass is 35.5. The number of aromatic nitrogens is 1. The van der Waals surface area contributed by atoms with Gasteiger partial charge in [0.15, 0.2) is 0 Å². The second kappa shape index (κ2) is 9.15. The maximum Gasteiger partial charge on any atom is 0.294 e. The fraction of sp³-hybridized carbons (Fsp3) is 0.0588. The first-order valence-electron chi connectivity index (χ1n) is 7.59. The molecule has 0 saturated heterocycles. The molecule has 1 N–H and O–H groups in total. The Hall–Kier alpha value is -1.78. The molecule has 3 rings (SSSR count). The SMILES string of the molecule is CSc1cccc(NC(=O)c2cc([N+](=O)[O-])c(Sc3c(Cl)cncc3Cl)s2)c1. The van der Waals surface area contributed by atoms with E-state index in [1.54, 1.807) is 17.8 Å². The molecule has 0 aliphatic carbocycles. The first-order chi connectivity index (χ1) is 13.4. The van der Waals surface area contributed by atoms with Crippen molar-refractivity contribution in [2.75, 3.05) is 11.6 Å². The van der Waals surface area contributed by atoms with Crippen LogP contribution in [0.3, 0.4) is 0 Å². The summed E-state index contributed by atoms with van der Waals surface area (Å²) in [5, 5.41) is 14.8. The van der Waals surface area contributed by atoms with Gasteiger partial charge in [-0.2, -0.15) is 0 Å². The van der Waals surface area contributed by atoms with Gasteiger partial charge in [0.1, 0.15) is 9.09 Å². The van der Waals surface area contributed by atoms with Crippen LogP contribution in [0.2, 0.25) is 10.0 Å². The summed E-state index contributed by atoms with van der Waals surface area (Å²) in [6.45, 7) is 0. The number of carbonyl (C=O) groups is 1. The van der Waals surface area contributed by atoms with Crippen LogP contribution in [-0.2, 0) is 0 Å². The Bertz CT molecular complexity index is 1040. The van der Waals surface area contributed by atoms with Crippen LogP contribution in [0.15, 0.2) is 56.7 Å². The summed E-state index contributed by atoms with van der Waals surface area (Å²) in [4.78, 5) is 29.0. The molecule has 0 fully saturated rings. The summed E-state index contributed by atoms with van der Waals surface area (Å²) < 4.78 is 0.308. The fourth-order valence-electron chi connectivity index (χ4n) is 2.16. The molecule has 0 unspecified atom stereocenters. The number of hydrogen-bond donors (Lipinski definition) is 1. The number of halogens is 2. The summed E-state index contributed by atoms with van der Waals surface area (Å²) in [5.41, 5.74) is 0.435. The average molecular weight is 472 g/mol. The number of pyridine rings is 1. The molecule has 0 spiro atoms. The van der Waals surface area contributed by atoms with E-state index in [2.05, 4.69) is 10.3 Å². The van der Waals surface area contributed by atoms with Gasteiger partial charge in [0.05, 0.1) is 19.9 Å². The highest BCUT2D eigenvalue weighted by molar-refractivity contribution is 8.01. The quantitative estimate of drug-likeness (QED) is 0.251. The van der Waals surface area contributed by atoms with Crippen LogP contribution < -0.4 is 5.32 Å². The maximum atomic E-state index is 12.6. The van der Waals surface area contributed by atoms with Gasteiger partial charge in [0, 0.05) is 29.0 Å². The normalized spacial score (nSPS) is 10.7. The Kier molecular flexibility index (Phi) is 6.84. The van der Waals surface area contributed by atoms with Crippen molar-refractivity contribution in [1.82, 2.24) is 4.98 Å². The van der Waals surface area contributed by atoms with Gasteiger partial charge >= 0.3 is 0 Å². The molecule has 0 aliphatic heterocycles. The van der Waals surface area contributed by atoms with Crippen LogP contribution in [0.5, 0.6) is 0 Å². The second-order valence-electron chi connectivity index (χ2n) is 5.26. The lowest BCUT2D eigenvalue weighted by Gasteiger charge is -2.05. The summed E-state index contributed by atoms with van der Waals surface area (Å²) in [7, 11) is 0. The number of nitrogens with one attached hydrogen (secondary N) is 1. The number of nitrogens with zero attached hydrogens (tertiary/aromatic N) is 2. The van der Waals surface area contributed by atoms with Gasteiger partial charge in [0.25, 0.3) is 11.6 Å². The van der Waals surface area contributed by atoms with E-state index in [4.69, 9.17) is 23.2 Å². The smallest absolute Gasteiger partial charge is 0.294 e. The van der Waals surface area contributed by atoms with Crippen molar-refractivity contribution in [2.24, 2.45) is 0 Å². The van der Waals surface area contributed by atoms with Crippen molar-refractivity contribution in [3.05, 3.63) is 67.8 Å². The molecule has 1 aromatic carbocycles. The molecule has 3 aromatic rings. The molecule has 6 nitrogen and oxygen atoms in total. The van der Waals surface area contributed by atoms with Crippen LogP contribution in [0.4, 0.5) is 11.4 Å². The van der Waals surface area contributed by atoms with E-state index in [1.165, 1.54) is 18.5 Å². The zero-order chi connectivity index (χ0) is 20.3. The van der Waals surface area contributed by atoms with E-state index < -0.39 is 10.8 Å². The number of thioether (sulfide) groups is 1. The van der Waals surface area contributed by atoms with Crippen LogP contribution in [0, 0.1) is 10.1 Å². The number of benzene rings is 1. The van der Waals surface area contributed by atoms with Crippen LogP contribution >= 0.6 is 58.1 Å². The highest BCUT2D eigenvalue weighted by Crippen LogP contribution is 2.45. The molecule has 11 heteroatoms. The molecular formula is C17H11Cl2N3O3S3. The van der Waals surface area contributed by atoms with Crippen molar-refractivity contribution in [2.45, 2.75) is 14.0 Å². The minimum Gasteiger partial charge on any atom is -0.321 e. The Labute approximate surface area is 182 Å². The van der Waals surface area contributed by atoms with Gasteiger partial charge in [-0.25, -0.2) is 0 Å². The van der Waals surface area contributed by atoms with Crippen molar-refractivity contribution < 1.29 is 9.72 Å². The minimum absolute atomic E-state index is 0.179. The standard InChI is InChI=1S/C17H11Cl2N3O3S3/c1-26-10-4-2-3-9(5-10)21-16(23)14-6-13(22(24)25)17(27-14)28-15-11(18)7-20-8-12(15)19/h2-8H,1H3,(H,21,23). The third-order valence-electron chi connectivity index (χ3n) is 3.43. The van der Waals surface area contributed by atoms with Crippen molar-refractivity contribution >= 4 is 75.3 Å². The number of nitro groups is 1. The molecule has 2 heterocycles. The van der Waals surface area contributed by atoms with Gasteiger partial charge in [-0.3, -0.25) is 19.9 Å². The number of anilines is 1. The zero-order valence-electron chi connectivity index (χ0n) is 14.1. The first kappa shape index (κ1) is 20.9. The van der Waals surface area contributed by atoms with Gasteiger partial charge in [0.2, 0.25) is 0 Å². The third kappa shape index (κ3) is 4.79. The van der Waals surface area contributed by atoms with Crippen molar-refractivity contribution in [3.63, 3.8) is 0 Å². The Morgan fingerprint density at radius 2 is 1.96 bits per heavy atom. The van der Waals surface area contributed by atoms with E-state index >= 15 is 0 Å². The number of thiophene rings is 1. The summed E-state index contributed by atoms with van der Waals surface area (Å²) in [6, 6.07) is 8.59. The number of rotatable bonds is 6. The van der Waals surface area contributed by atoms with Gasteiger partial charge < -0.3 is 5.32 Å². The van der Waals surface area contributed by atoms with E-state index in [0.29, 0.717) is 14.8 Å². The highest BCUT2D eigenvalue weighted by Gasteiger charge is 2.25. The fourth-order valence-corrected chi connectivity index (χ4v) is 5.38. The van der Waals surface area contributed by atoms with E-state index in [0.717, 1.165) is 28.0 Å². The average Bonchev–Trinajstić information content (AvgIpc) is 3.09. The largest absolute Gasteiger partial charge is 0.321 e. The zero-order valence-corrected chi connectivity index (χ0v) is 18.1. The van der Waals surface area contributed by atoms with Crippen LogP contribution in [0.25, 0.3) is 0 Å². The molecular weight excluding hydrogens is 461 g/mol. The first-order valence-corrected chi connectivity index (χ1v) is 11.2. The lowest BCUT2D eigenvalue weighted by atomic mass is 10.3.